The maximum absolute atomic E-state index is 12.8. The van der Waals surface area contributed by atoms with Gasteiger partial charge < -0.3 is 19.2 Å². The molecule has 168 valence electrons. The van der Waals surface area contributed by atoms with Crippen LogP contribution >= 0.6 is 0 Å². The van der Waals surface area contributed by atoms with Crippen LogP contribution in [-0.2, 0) is 4.79 Å². The van der Waals surface area contributed by atoms with E-state index >= 15 is 0 Å². The molecule has 1 N–H and O–H groups in total. The Hall–Kier alpha value is -3.21. The Labute approximate surface area is 189 Å². The molecule has 3 aromatic rings. The third kappa shape index (κ3) is 4.52. The lowest BCUT2D eigenvalue weighted by Crippen LogP contribution is -2.40. The van der Waals surface area contributed by atoms with Crippen molar-refractivity contribution in [1.29, 1.82) is 0 Å². The zero-order chi connectivity index (χ0) is 22.7. The molecule has 1 aliphatic rings. The number of methoxy groups -OCH3 is 2. The molecule has 0 radical (unpaired) electrons. The summed E-state index contributed by atoms with van der Waals surface area (Å²) in [5, 5.41) is 4.16. The molecule has 0 saturated heterocycles. The maximum Gasteiger partial charge on any atom is 0.244 e. The Bertz CT molecular complexity index is 1140. The van der Waals surface area contributed by atoms with Crippen molar-refractivity contribution in [3.05, 3.63) is 54.3 Å². The average Bonchev–Trinajstić information content (AvgIpc) is 3.22. The number of hydrogen-bond acceptors (Lipinski definition) is 4. The van der Waals surface area contributed by atoms with Crippen LogP contribution in [0.2, 0.25) is 0 Å². The molecule has 4 rings (SSSR count). The molecule has 1 amide bonds. The van der Waals surface area contributed by atoms with Crippen LogP contribution in [0, 0.1) is 5.92 Å². The van der Waals surface area contributed by atoms with Crippen molar-refractivity contribution in [3.8, 4) is 22.6 Å². The van der Waals surface area contributed by atoms with E-state index in [4.69, 9.17) is 13.9 Å². The molecule has 5 nitrogen and oxygen atoms in total. The second-order valence-electron chi connectivity index (χ2n) is 8.63. The highest BCUT2D eigenvalue weighted by Gasteiger charge is 2.22. The average molecular weight is 434 g/mol. The van der Waals surface area contributed by atoms with E-state index in [9.17, 15) is 4.79 Å². The molecule has 5 heteroatoms. The van der Waals surface area contributed by atoms with Crippen molar-refractivity contribution in [1.82, 2.24) is 5.32 Å². The number of hydrogen-bond donors (Lipinski definition) is 1. The van der Waals surface area contributed by atoms with Crippen LogP contribution in [0.4, 0.5) is 0 Å². The Morgan fingerprint density at radius 2 is 1.94 bits per heavy atom. The van der Waals surface area contributed by atoms with Gasteiger partial charge in [0.2, 0.25) is 5.91 Å². The lowest BCUT2D eigenvalue weighted by molar-refractivity contribution is -0.117. The summed E-state index contributed by atoms with van der Waals surface area (Å²) in [4.78, 5) is 12.8. The monoisotopic (exact) mass is 433 g/mol. The first-order valence-electron chi connectivity index (χ1n) is 11.2. The van der Waals surface area contributed by atoms with E-state index in [2.05, 4.69) is 12.2 Å². The van der Waals surface area contributed by atoms with Gasteiger partial charge in [0.15, 0.2) is 0 Å². The molecule has 32 heavy (non-hydrogen) atoms. The number of benzene rings is 2. The van der Waals surface area contributed by atoms with E-state index in [0.717, 1.165) is 45.4 Å². The third-order valence-corrected chi connectivity index (χ3v) is 6.49. The second kappa shape index (κ2) is 9.51. The fraction of sp³-hybridized carbons (Fsp3) is 0.370. The maximum atomic E-state index is 12.8. The number of furan rings is 1. The van der Waals surface area contributed by atoms with Crippen molar-refractivity contribution >= 4 is 22.4 Å². The van der Waals surface area contributed by atoms with E-state index in [0.29, 0.717) is 11.7 Å². The number of allylic oxidation sites excluding steroid dienone is 1. The normalized spacial score (nSPS) is 19.1. The van der Waals surface area contributed by atoms with Crippen LogP contribution in [0.5, 0.6) is 11.5 Å². The first-order chi connectivity index (χ1) is 15.5. The van der Waals surface area contributed by atoms with Crippen molar-refractivity contribution in [2.24, 2.45) is 5.92 Å². The highest BCUT2D eigenvalue weighted by Crippen LogP contribution is 2.38. The Morgan fingerprint density at radius 3 is 2.69 bits per heavy atom. The summed E-state index contributed by atoms with van der Waals surface area (Å²) >= 11 is 0. The molecular formula is C27H31NO4. The highest BCUT2D eigenvalue weighted by atomic mass is 16.5. The summed E-state index contributed by atoms with van der Waals surface area (Å²) in [5.41, 5.74) is 4.43. The van der Waals surface area contributed by atoms with E-state index < -0.39 is 0 Å². The largest absolute Gasteiger partial charge is 0.497 e. The quantitative estimate of drug-likeness (QED) is 0.469. The molecule has 0 aliphatic heterocycles. The fourth-order valence-corrected chi connectivity index (χ4v) is 4.58. The number of carbonyl (C=O) groups is 1. The van der Waals surface area contributed by atoms with Gasteiger partial charge in [0.25, 0.3) is 0 Å². The molecule has 1 fully saturated rings. The van der Waals surface area contributed by atoms with Crippen LogP contribution in [0.15, 0.2) is 53.2 Å². The minimum Gasteiger partial charge on any atom is -0.497 e. The van der Waals surface area contributed by atoms with Gasteiger partial charge in [0.05, 0.1) is 20.5 Å². The molecule has 2 atom stereocenters. The van der Waals surface area contributed by atoms with E-state index in [1.165, 1.54) is 19.3 Å². The summed E-state index contributed by atoms with van der Waals surface area (Å²) in [6.07, 6.45) is 8.07. The molecule has 2 unspecified atom stereocenters. The Kier molecular flexibility index (Phi) is 6.54. The SMILES string of the molecule is COc1cccc(-c2coc3cc(OC)c(/C(C)=C/C(=O)NC4CCCCC4C)cc23)c1. The molecule has 1 aliphatic carbocycles. The van der Waals surface area contributed by atoms with Crippen molar-refractivity contribution < 1.29 is 18.7 Å². The molecular weight excluding hydrogens is 402 g/mol. The number of carbonyl (C=O) groups excluding carboxylic acids is 1. The topological polar surface area (TPSA) is 60.7 Å². The Morgan fingerprint density at radius 1 is 1.12 bits per heavy atom. The van der Waals surface area contributed by atoms with Gasteiger partial charge in [-0.15, -0.1) is 0 Å². The smallest absolute Gasteiger partial charge is 0.244 e. The molecule has 0 spiro atoms. The number of rotatable bonds is 6. The summed E-state index contributed by atoms with van der Waals surface area (Å²) in [5.74, 6) is 1.93. The molecule has 2 aromatic carbocycles. The highest BCUT2D eigenvalue weighted by molar-refractivity contribution is 6.00. The van der Waals surface area contributed by atoms with Crippen LogP contribution in [0.3, 0.4) is 0 Å². The number of nitrogens with one attached hydrogen (secondary N) is 1. The zero-order valence-corrected chi connectivity index (χ0v) is 19.2. The van der Waals surface area contributed by atoms with Gasteiger partial charge >= 0.3 is 0 Å². The second-order valence-corrected chi connectivity index (χ2v) is 8.63. The summed E-state index contributed by atoms with van der Waals surface area (Å²) in [6.45, 7) is 4.16. The lowest BCUT2D eigenvalue weighted by Gasteiger charge is -2.29. The van der Waals surface area contributed by atoms with E-state index in [-0.39, 0.29) is 11.9 Å². The minimum atomic E-state index is -0.0522. The van der Waals surface area contributed by atoms with Crippen LogP contribution in [0.1, 0.15) is 45.1 Å². The predicted octanol–water partition coefficient (Wildman–Crippen LogP) is 6.22. The number of ether oxygens (including phenoxy) is 2. The van der Waals surface area contributed by atoms with Crippen LogP contribution in [0.25, 0.3) is 27.7 Å². The molecule has 1 heterocycles. The van der Waals surface area contributed by atoms with Gasteiger partial charge in [-0.3, -0.25) is 4.79 Å². The van der Waals surface area contributed by atoms with Gasteiger partial charge in [-0.05, 0) is 55.0 Å². The van der Waals surface area contributed by atoms with Crippen LogP contribution in [-0.4, -0.2) is 26.2 Å². The zero-order valence-electron chi connectivity index (χ0n) is 19.2. The van der Waals surface area contributed by atoms with Gasteiger partial charge in [-0.2, -0.15) is 0 Å². The number of amides is 1. The standard InChI is InChI=1S/C27H31NO4/c1-17-8-5-6-11-24(17)28-27(29)12-18(2)21-14-22-23(16-32-26(22)15-25(21)31-4)19-9-7-10-20(13-19)30-3/h7,9-10,12-17,24H,5-6,8,11H2,1-4H3,(H,28,29)/b18-12+. The molecule has 1 saturated carbocycles. The number of fused-ring (bicyclic) bond motifs is 1. The van der Waals surface area contributed by atoms with E-state index in [1.807, 2.05) is 43.3 Å². The summed E-state index contributed by atoms with van der Waals surface area (Å²) in [7, 11) is 3.29. The predicted molar refractivity (Wildman–Crippen MR) is 128 cm³/mol. The summed E-state index contributed by atoms with van der Waals surface area (Å²) < 4.78 is 16.8. The Balaban J connectivity index is 1.67. The van der Waals surface area contributed by atoms with Crippen LogP contribution < -0.4 is 14.8 Å². The molecule has 0 bridgehead atoms. The first-order valence-corrected chi connectivity index (χ1v) is 11.2. The van der Waals surface area contributed by atoms with Gasteiger partial charge in [0, 0.05) is 34.7 Å². The van der Waals surface area contributed by atoms with Gasteiger partial charge in [0.1, 0.15) is 17.1 Å². The third-order valence-electron chi connectivity index (χ3n) is 6.49. The minimum absolute atomic E-state index is 0.0522. The van der Waals surface area contributed by atoms with Gasteiger partial charge in [-0.1, -0.05) is 31.9 Å². The van der Waals surface area contributed by atoms with Crippen molar-refractivity contribution in [2.75, 3.05) is 14.2 Å². The fourth-order valence-electron chi connectivity index (χ4n) is 4.58. The van der Waals surface area contributed by atoms with Gasteiger partial charge in [-0.25, -0.2) is 0 Å². The van der Waals surface area contributed by atoms with E-state index in [1.54, 1.807) is 26.6 Å². The molecule has 1 aromatic heterocycles. The summed E-state index contributed by atoms with van der Waals surface area (Å²) in [6, 6.07) is 12.0. The van der Waals surface area contributed by atoms with Crippen molar-refractivity contribution in [3.63, 3.8) is 0 Å². The first kappa shape index (κ1) is 22.0. The van der Waals surface area contributed by atoms with Crippen molar-refractivity contribution in [2.45, 2.75) is 45.6 Å². The lowest BCUT2D eigenvalue weighted by atomic mass is 9.86.